The van der Waals surface area contributed by atoms with Gasteiger partial charge in [-0.05, 0) is 18.8 Å². The highest BCUT2D eigenvalue weighted by Gasteiger charge is 2.36. The molecule has 0 aromatic rings. The molecule has 1 fully saturated rings. The van der Waals surface area contributed by atoms with Crippen LogP contribution in [0.1, 0.15) is 52.4 Å². The normalized spacial score (nSPS) is 23.0. The summed E-state index contributed by atoms with van der Waals surface area (Å²) in [6.07, 6.45) is 5.81. The van der Waals surface area contributed by atoms with Crippen molar-refractivity contribution in [3.63, 3.8) is 0 Å². The molecule has 1 aliphatic carbocycles. The largest absolute Gasteiger partial charge is 0.319 e. The molecule has 0 aromatic carbocycles. The third-order valence-electron chi connectivity index (χ3n) is 3.28. The molecule has 0 aromatic heterocycles. The van der Waals surface area contributed by atoms with Gasteiger partial charge in [0.1, 0.15) is 0 Å². The Hall–Kier alpha value is -0.370. The van der Waals surface area contributed by atoms with Crippen molar-refractivity contribution >= 4 is 5.78 Å². The zero-order valence-corrected chi connectivity index (χ0v) is 8.81. The second-order valence-electron chi connectivity index (χ2n) is 4.50. The van der Waals surface area contributed by atoms with Crippen LogP contribution in [-0.4, -0.2) is 11.3 Å². The topological polar surface area (TPSA) is 43.1 Å². The summed E-state index contributed by atoms with van der Waals surface area (Å²) in [5.41, 5.74) is 5.60. The molecule has 0 bridgehead atoms. The predicted octanol–water partition coefficient (Wildman–Crippen LogP) is 2.26. The lowest BCUT2D eigenvalue weighted by molar-refractivity contribution is -0.124. The van der Waals surface area contributed by atoms with Gasteiger partial charge >= 0.3 is 0 Å². The molecule has 0 heterocycles. The summed E-state index contributed by atoms with van der Waals surface area (Å²) in [5, 5.41) is 0. The zero-order chi connectivity index (χ0) is 9.90. The van der Waals surface area contributed by atoms with E-state index in [1.807, 2.05) is 0 Å². The van der Waals surface area contributed by atoms with E-state index in [1.54, 1.807) is 0 Å². The van der Waals surface area contributed by atoms with Crippen LogP contribution in [0.3, 0.4) is 0 Å². The minimum absolute atomic E-state index is 0.291. The Morgan fingerprint density at radius 2 is 2.00 bits per heavy atom. The van der Waals surface area contributed by atoms with E-state index >= 15 is 0 Å². The molecule has 0 aliphatic heterocycles. The number of ketones is 1. The fraction of sp³-hybridized carbons (Fsp3) is 0.909. The highest BCUT2D eigenvalue weighted by atomic mass is 16.1. The van der Waals surface area contributed by atoms with Gasteiger partial charge in [-0.2, -0.15) is 0 Å². The molecule has 2 heteroatoms. The quantitative estimate of drug-likeness (QED) is 0.726. The molecule has 2 nitrogen and oxygen atoms in total. The van der Waals surface area contributed by atoms with Crippen molar-refractivity contribution in [3.8, 4) is 0 Å². The molecule has 2 N–H and O–H groups in total. The fourth-order valence-corrected chi connectivity index (χ4v) is 1.95. The second-order valence-corrected chi connectivity index (χ2v) is 4.50. The van der Waals surface area contributed by atoms with Crippen molar-refractivity contribution in [3.05, 3.63) is 0 Å². The van der Waals surface area contributed by atoms with Crippen LogP contribution >= 0.6 is 0 Å². The van der Waals surface area contributed by atoms with E-state index in [0.29, 0.717) is 18.1 Å². The molecule has 1 atom stereocenters. The number of hydrogen-bond acceptors (Lipinski definition) is 2. The van der Waals surface area contributed by atoms with Gasteiger partial charge < -0.3 is 5.73 Å². The maximum Gasteiger partial charge on any atom is 0.152 e. The molecule has 1 saturated carbocycles. The first kappa shape index (κ1) is 10.7. The van der Waals surface area contributed by atoms with E-state index in [9.17, 15) is 4.79 Å². The number of hydrogen-bond donors (Lipinski definition) is 1. The summed E-state index contributed by atoms with van der Waals surface area (Å²) in [6.45, 7) is 4.24. The van der Waals surface area contributed by atoms with Gasteiger partial charge in [-0.25, -0.2) is 0 Å². The number of Topliss-reactive ketones (excluding diaryl/α,β-unsaturated/α-hetero) is 1. The fourth-order valence-electron chi connectivity index (χ4n) is 1.95. The SMILES string of the molecule is CCC(C)CC(=O)C1(N)CCCC1. The Balaban J connectivity index is 2.46. The van der Waals surface area contributed by atoms with Crippen molar-refractivity contribution in [1.82, 2.24) is 0 Å². The molecule has 0 amide bonds. The van der Waals surface area contributed by atoms with Gasteiger partial charge in [-0.3, -0.25) is 4.79 Å². The molecule has 13 heavy (non-hydrogen) atoms. The van der Waals surface area contributed by atoms with E-state index in [4.69, 9.17) is 5.73 Å². The highest BCUT2D eigenvalue weighted by Crippen LogP contribution is 2.30. The van der Waals surface area contributed by atoms with E-state index in [-0.39, 0.29) is 0 Å². The van der Waals surface area contributed by atoms with Crippen LogP contribution < -0.4 is 5.73 Å². The highest BCUT2D eigenvalue weighted by molar-refractivity contribution is 5.88. The van der Waals surface area contributed by atoms with Crippen LogP contribution in [0.4, 0.5) is 0 Å². The van der Waals surface area contributed by atoms with Crippen molar-refractivity contribution in [2.24, 2.45) is 11.7 Å². The van der Waals surface area contributed by atoms with Gasteiger partial charge in [-0.15, -0.1) is 0 Å². The lowest BCUT2D eigenvalue weighted by Crippen LogP contribution is -2.45. The zero-order valence-electron chi connectivity index (χ0n) is 8.81. The third-order valence-corrected chi connectivity index (χ3v) is 3.28. The van der Waals surface area contributed by atoms with Crippen LogP contribution in [-0.2, 0) is 4.79 Å². The number of rotatable bonds is 4. The minimum Gasteiger partial charge on any atom is -0.319 e. The summed E-state index contributed by atoms with van der Waals surface area (Å²) in [7, 11) is 0. The summed E-state index contributed by atoms with van der Waals surface area (Å²) in [6, 6.07) is 0. The Morgan fingerprint density at radius 3 is 2.46 bits per heavy atom. The first-order valence-electron chi connectivity index (χ1n) is 5.40. The molecule has 0 saturated heterocycles. The van der Waals surface area contributed by atoms with E-state index < -0.39 is 5.54 Å². The molecule has 0 radical (unpaired) electrons. The van der Waals surface area contributed by atoms with Crippen LogP contribution in [0.5, 0.6) is 0 Å². The first-order chi connectivity index (χ1) is 6.08. The minimum atomic E-state index is -0.455. The van der Waals surface area contributed by atoms with E-state index in [2.05, 4.69) is 13.8 Å². The third kappa shape index (κ3) is 2.53. The second kappa shape index (κ2) is 4.23. The summed E-state index contributed by atoms with van der Waals surface area (Å²) in [4.78, 5) is 11.8. The summed E-state index contributed by atoms with van der Waals surface area (Å²) < 4.78 is 0. The number of nitrogens with two attached hydrogens (primary N) is 1. The van der Waals surface area contributed by atoms with Crippen LogP contribution in [0, 0.1) is 5.92 Å². The van der Waals surface area contributed by atoms with Gasteiger partial charge in [0.2, 0.25) is 0 Å². The smallest absolute Gasteiger partial charge is 0.152 e. The molecule has 76 valence electrons. The van der Waals surface area contributed by atoms with Crippen molar-refractivity contribution < 1.29 is 4.79 Å². The molecular formula is C11H21NO. The Bertz CT molecular complexity index is 183. The van der Waals surface area contributed by atoms with E-state index in [1.165, 1.54) is 0 Å². The Morgan fingerprint density at radius 1 is 1.46 bits per heavy atom. The molecular weight excluding hydrogens is 162 g/mol. The van der Waals surface area contributed by atoms with Gasteiger partial charge in [-0.1, -0.05) is 33.1 Å². The number of carbonyl (C=O) groups is 1. The molecule has 1 aliphatic rings. The Labute approximate surface area is 80.9 Å². The van der Waals surface area contributed by atoms with Crippen LogP contribution in [0.15, 0.2) is 0 Å². The average Bonchev–Trinajstić information content (AvgIpc) is 2.53. The average molecular weight is 183 g/mol. The first-order valence-corrected chi connectivity index (χ1v) is 5.40. The van der Waals surface area contributed by atoms with Gasteiger partial charge in [0, 0.05) is 6.42 Å². The van der Waals surface area contributed by atoms with Crippen LogP contribution in [0.2, 0.25) is 0 Å². The van der Waals surface area contributed by atoms with Crippen molar-refractivity contribution in [1.29, 1.82) is 0 Å². The predicted molar refractivity (Wildman–Crippen MR) is 54.5 cm³/mol. The summed E-state index contributed by atoms with van der Waals surface area (Å²) in [5.74, 6) is 0.785. The van der Waals surface area contributed by atoms with Gasteiger partial charge in [0.25, 0.3) is 0 Å². The maximum absolute atomic E-state index is 11.8. The Kier molecular flexibility index (Phi) is 3.48. The standard InChI is InChI=1S/C11H21NO/c1-3-9(2)8-10(13)11(12)6-4-5-7-11/h9H,3-8,12H2,1-2H3. The summed E-state index contributed by atoms with van der Waals surface area (Å²) >= 11 is 0. The lowest BCUT2D eigenvalue weighted by Gasteiger charge is -2.23. The molecule has 1 unspecified atom stereocenters. The van der Waals surface area contributed by atoms with Gasteiger partial charge in [0.15, 0.2) is 5.78 Å². The molecule has 0 spiro atoms. The van der Waals surface area contributed by atoms with Crippen molar-refractivity contribution in [2.75, 3.05) is 0 Å². The maximum atomic E-state index is 11.8. The number of carbonyl (C=O) groups excluding carboxylic acids is 1. The molecule has 1 rings (SSSR count). The van der Waals surface area contributed by atoms with Crippen molar-refractivity contribution in [2.45, 2.75) is 57.9 Å². The van der Waals surface area contributed by atoms with Crippen LogP contribution in [0.25, 0.3) is 0 Å². The monoisotopic (exact) mass is 183 g/mol. The lowest BCUT2D eigenvalue weighted by atomic mass is 9.87. The van der Waals surface area contributed by atoms with Gasteiger partial charge in [0.05, 0.1) is 5.54 Å². The van der Waals surface area contributed by atoms with E-state index in [0.717, 1.165) is 32.1 Å².